The number of methoxy groups -OCH3 is 2. The maximum Gasteiger partial charge on any atom is 0.432 e. The molecule has 31 heavy (non-hydrogen) atoms. The van der Waals surface area contributed by atoms with Crippen LogP contribution in [0.2, 0.25) is 0 Å². The van der Waals surface area contributed by atoms with Gasteiger partial charge in [-0.1, -0.05) is 49.4 Å². The highest BCUT2D eigenvalue weighted by atomic mass is 19.4. The molecule has 0 fully saturated rings. The fraction of sp³-hybridized carbons (Fsp3) is 0.381. The number of hydrogen-bond acceptors (Lipinski definition) is 6. The number of benzene rings is 2. The number of alkyl halides is 3. The predicted molar refractivity (Wildman–Crippen MR) is 104 cm³/mol. The van der Waals surface area contributed by atoms with Gasteiger partial charge in [-0.2, -0.15) is 13.2 Å². The van der Waals surface area contributed by atoms with Crippen molar-refractivity contribution in [2.75, 3.05) is 14.2 Å². The summed E-state index contributed by atoms with van der Waals surface area (Å²) in [6.45, 7) is 1.47. The smallest absolute Gasteiger partial charge is 0.432 e. The van der Waals surface area contributed by atoms with E-state index in [1.54, 1.807) is 0 Å². The molecule has 7 nitrogen and oxygen atoms in total. The zero-order valence-corrected chi connectivity index (χ0v) is 17.1. The highest BCUT2D eigenvalue weighted by Gasteiger charge is 2.64. The number of nitro groups is 1. The van der Waals surface area contributed by atoms with E-state index in [0.29, 0.717) is 5.75 Å². The largest absolute Gasteiger partial charge is 0.497 e. The highest BCUT2D eigenvalue weighted by molar-refractivity contribution is 5.83. The predicted octanol–water partition coefficient (Wildman–Crippen LogP) is 4.44. The third-order valence-corrected chi connectivity index (χ3v) is 4.89. The molecule has 0 aromatic heterocycles. The van der Waals surface area contributed by atoms with Crippen molar-refractivity contribution in [1.82, 2.24) is 0 Å². The summed E-state index contributed by atoms with van der Waals surface area (Å²) in [4.78, 5) is 23.9. The van der Waals surface area contributed by atoms with Crippen molar-refractivity contribution in [1.29, 1.82) is 0 Å². The van der Waals surface area contributed by atoms with Crippen LogP contribution in [-0.4, -0.2) is 37.3 Å². The molecule has 0 spiro atoms. The summed E-state index contributed by atoms with van der Waals surface area (Å²) >= 11 is 0. The quantitative estimate of drug-likeness (QED) is 0.325. The second kappa shape index (κ2) is 9.78. The van der Waals surface area contributed by atoms with Gasteiger partial charge in [0.15, 0.2) is 6.10 Å². The summed E-state index contributed by atoms with van der Waals surface area (Å²) in [5.74, 6) is -1.37. The summed E-state index contributed by atoms with van der Waals surface area (Å²) < 4.78 is 57.3. The molecule has 0 aliphatic carbocycles. The van der Waals surface area contributed by atoms with Crippen LogP contribution in [0, 0.1) is 10.1 Å². The molecule has 2 aromatic rings. The molecule has 0 radical (unpaired) electrons. The van der Waals surface area contributed by atoms with Crippen LogP contribution in [0.25, 0.3) is 0 Å². The Balaban J connectivity index is 2.56. The molecular formula is C21H22F3NO6. The number of rotatable bonds is 9. The van der Waals surface area contributed by atoms with Crippen LogP contribution in [-0.2, 0) is 19.9 Å². The summed E-state index contributed by atoms with van der Waals surface area (Å²) in [6, 6.07) is 10.5. The van der Waals surface area contributed by atoms with Crippen molar-refractivity contribution in [3.8, 4) is 5.75 Å². The lowest BCUT2D eigenvalue weighted by atomic mass is 9.92. The van der Waals surface area contributed by atoms with Gasteiger partial charge in [-0.05, 0) is 17.7 Å². The van der Waals surface area contributed by atoms with Crippen molar-refractivity contribution < 1.29 is 37.1 Å². The van der Waals surface area contributed by atoms with Gasteiger partial charge in [0.1, 0.15) is 5.75 Å². The minimum Gasteiger partial charge on any atom is -0.497 e. The number of carbonyl (C=O) groups is 1. The fourth-order valence-corrected chi connectivity index (χ4v) is 3.22. The van der Waals surface area contributed by atoms with E-state index in [2.05, 4.69) is 0 Å². The second-order valence-corrected chi connectivity index (χ2v) is 6.61. The number of carbonyl (C=O) groups excluding carboxylic acids is 1. The molecular weight excluding hydrogens is 419 g/mol. The van der Waals surface area contributed by atoms with Gasteiger partial charge in [-0.3, -0.25) is 10.1 Å². The highest BCUT2D eigenvalue weighted by Crippen LogP contribution is 2.44. The van der Waals surface area contributed by atoms with Gasteiger partial charge in [-0.15, -0.1) is 0 Å². The molecule has 0 saturated carbocycles. The van der Waals surface area contributed by atoms with E-state index in [-0.39, 0.29) is 12.0 Å². The van der Waals surface area contributed by atoms with E-state index in [4.69, 9.17) is 14.2 Å². The van der Waals surface area contributed by atoms with Crippen molar-refractivity contribution in [2.45, 2.75) is 37.3 Å². The Morgan fingerprint density at radius 3 is 2.06 bits per heavy atom. The number of nitrogens with zero attached hydrogens (tertiary/aromatic N) is 1. The molecule has 2 aromatic carbocycles. The van der Waals surface area contributed by atoms with E-state index < -0.39 is 40.4 Å². The standard InChI is InChI=1S/C21H22F3NO6/c1-4-17(25(27)28)18(14-10-12-16(29-2)13-11-14)31-19(26)20(30-3,21(22,23)24)15-8-6-5-7-9-15/h5-13,17-18H,4H2,1-3H3/t17-,18+,20-/m0/s1. The van der Waals surface area contributed by atoms with Gasteiger partial charge in [0.25, 0.3) is 11.6 Å². The summed E-state index contributed by atoms with van der Waals surface area (Å²) in [5.41, 5.74) is -3.80. The van der Waals surface area contributed by atoms with E-state index in [0.717, 1.165) is 19.2 Å². The number of hydrogen-bond donors (Lipinski definition) is 0. The first kappa shape index (κ1) is 24.1. The van der Waals surface area contributed by atoms with E-state index in [1.807, 2.05) is 0 Å². The normalized spacial score (nSPS) is 15.4. The van der Waals surface area contributed by atoms with Gasteiger partial charge < -0.3 is 14.2 Å². The minimum absolute atomic E-state index is 0.0890. The van der Waals surface area contributed by atoms with Gasteiger partial charge in [0.05, 0.1) is 7.11 Å². The fourth-order valence-electron chi connectivity index (χ4n) is 3.22. The lowest BCUT2D eigenvalue weighted by Crippen LogP contribution is -2.52. The summed E-state index contributed by atoms with van der Waals surface area (Å²) in [7, 11) is 2.14. The Morgan fingerprint density at radius 2 is 1.65 bits per heavy atom. The van der Waals surface area contributed by atoms with Gasteiger partial charge in [-0.25, -0.2) is 4.79 Å². The van der Waals surface area contributed by atoms with E-state index in [1.165, 1.54) is 56.5 Å². The van der Waals surface area contributed by atoms with Crippen LogP contribution >= 0.6 is 0 Å². The van der Waals surface area contributed by atoms with Gasteiger partial charge in [0.2, 0.25) is 0 Å². The first-order valence-electron chi connectivity index (χ1n) is 9.28. The van der Waals surface area contributed by atoms with Crippen LogP contribution < -0.4 is 4.74 Å². The van der Waals surface area contributed by atoms with Crippen LogP contribution in [0.15, 0.2) is 54.6 Å². The molecule has 168 valence electrons. The monoisotopic (exact) mass is 441 g/mol. The van der Waals surface area contributed by atoms with Crippen LogP contribution in [0.5, 0.6) is 5.75 Å². The second-order valence-electron chi connectivity index (χ2n) is 6.61. The van der Waals surface area contributed by atoms with E-state index >= 15 is 0 Å². The lowest BCUT2D eigenvalue weighted by molar-refractivity contribution is -0.536. The average molecular weight is 441 g/mol. The van der Waals surface area contributed by atoms with Crippen molar-refractivity contribution in [2.24, 2.45) is 0 Å². The Kier molecular flexibility index (Phi) is 7.61. The maximum atomic E-state index is 14.1. The van der Waals surface area contributed by atoms with Crippen LogP contribution in [0.1, 0.15) is 30.6 Å². The molecule has 0 heterocycles. The van der Waals surface area contributed by atoms with Crippen molar-refractivity contribution in [3.63, 3.8) is 0 Å². The molecule has 0 aliphatic heterocycles. The Hall–Kier alpha value is -3.14. The zero-order valence-electron chi connectivity index (χ0n) is 17.1. The summed E-state index contributed by atoms with van der Waals surface area (Å²) in [6.07, 6.45) is -6.87. The van der Waals surface area contributed by atoms with Crippen molar-refractivity contribution in [3.05, 3.63) is 75.8 Å². The number of esters is 1. The molecule has 0 aliphatic rings. The van der Waals surface area contributed by atoms with Crippen molar-refractivity contribution >= 4 is 5.97 Å². The molecule has 0 bridgehead atoms. The molecule has 0 saturated heterocycles. The first-order chi connectivity index (χ1) is 14.6. The maximum absolute atomic E-state index is 14.1. The molecule has 3 atom stereocenters. The SMILES string of the molecule is CC[C@@H]([C@H](OC(=O)[C@@](OC)(c1ccccc1)C(F)(F)F)c1ccc(OC)cc1)[N+](=O)[O-]. The third kappa shape index (κ3) is 4.79. The zero-order chi connectivity index (χ0) is 23.2. The number of ether oxygens (including phenoxy) is 3. The average Bonchev–Trinajstić information content (AvgIpc) is 2.74. The molecule has 0 N–H and O–H groups in total. The Labute approximate surface area is 176 Å². The van der Waals surface area contributed by atoms with Crippen LogP contribution in [0.4, 0.5) is 13.2 Å². The van der Waals surface area contributed by atoms with Gasteiger partial charge >= 0.3 is 12.1 Å². The molecule has 0 unspecified atom stereocenters. The molecule has 10 heteroatoms. The van der Waals surface area contributed by atoms with E-state index in [9.17, 15) is 28.1 Å². The Morgan fingerprint density at radius 1 is 1.06 bits per heavy atom. The van der Waals surface area contributed by atoms with Crippen LogP contribution in [0.3, 0.4) is 0 Å². The molecule has 2 rings (SSSR count). The first-order valence-corrected chi connectivity index (χ1v) is 9.28. The topological polar surface area (TPSA) is 87.9 Å². The summed E-state index contributed by atoms with van der Waals surface area (Å²) in [5, 5.41) is 11.6. The number of halogens is 3. The lowest BCUT2D eigenvalue weighted by Gasteiger charge is -2.34. The Bertz CT molecular complexity index is 888. The minimum atomic E-state index is -5.19. The molecule has 0 amide bonds. The van der Waals surface area contributed by atoms with Gasteiger partial charge in [0, 0.05) is 24.0 Å². The third-order valence-electron chi connectivity index (χ3n) is 4.89.